The first-order valence-corrected chi connectivity index (χ1v) is 6.57. The summed E-state index contributed by atoms with van der Waals surface area (Å²) in [6.45, 7) is 2.79. The van der Waals surface area contributed by atoms with Crippen molar-refractivity contribution in [2.45, 2.75) is 13.3 Å². The van der Waals surface area contributed by atoms with E-state index < -0.39 is 0 Å². The highest BCUT2D eigenvalue weighted by atomic mass is 16.5. The quantitative estimate of drug-likeness (QED) is 0.812. The summed E-state index contributed by atoms with van der Waals surface area (Å²) in [5, 5.41) is 0. The minimum absolute atomic E-state index is 0.538. The van der Waals surface area contributed by atoms with E-state index in [0.717, 1.165) is 12.2 Å². The Hall–Kier alpha value is -2.36. The van der Waals surface area contributed by atoms with Crippen LogP contribution >= 0.6 is 0 Å². The van der Waals surface area contributed by atoms with E-state index >= 15 is 0 Å². The van der Waals surface area contributed by atoms with Gasteiger partial charge in [-0.05, 0) is 42.8 Å². The lowest BCUT2D eigenvalue weighted by atomic mass is 10.2. The highest BCUT2D eigenvalue weighted by Gasteiger charge is 2.04. The molecular formula is C16H19NO3. The van der Waals surface area contributed by atoms with Crippen LogP contribution in [0.3, 0.4) is 0 Å². The Morgan fingerprint density at radius 1 is 0.950 bits per heavy atom. The average Bonchev–Trinajstić information content (AvgIpc) is 2.48. The van der Waals surface area contributed by atoms with Crippen LogP contribution in [0.25, 0.3) is 0 Å². The topological polar surface area (TPSA) is 53.7 Å². The average molecular weight is 273 g/mol. The maximum Gasteiger partial charge on any atom is 0.150 e. The SMILES string of the molecule is CCCOc1ccc(Oc2ccc(OC)cc2N)cc1. The van der Waals surface area contributed by atoms with E-state index in [0.29, 0.717) is 29.5 Å². The second-order valence-electron chi connectivity index (χ2n) is 4.33. The first-order valence-electron chi connectivity index (χ1n) is 6.57. The Bertz CT molecular complexity index is 552. The predicted molar refractivity (Wildman–Crippen MR) is 79.7 cm³/mol. The number of anilines is 1. The molecule has 2 rings (SSSR count). The fourth-order valence-electron chi connectivity index (χ4n) is 1.70. The van der Waals surface area contributed by atoms with Crippen molar-refractivity contribution in [3.8, 4) is 23.0 Å². The molecule has 0 saturated heterocycles. The Labute approximate surface area is 119 Å². The number of nitrogen functional groups attached to an aromatic ring is 1. The van der Waals surface area contributed by atoms with Crippen molar-refractivity contribution in [2.75, 3.05) is 19.5 Å². The summed E-state index contributed by atoms with van der Waals surface area (Å²) in [6, 6.07) is 12.8. The molecule has 0 aliphatic heterocycles. The molecular weight excluding hydrogens is 254 g/mol. The Morgan fingerprint density at radius 3 is 2.20 bits per heavy atom. The van der Waals surface area contributed by atoms with E-state index in [2.05, 4.69) is 6.92 Å². The van der Waals surface area contributed by atoms with Gasteiger partial charge < -0.3 is 19.9 Å². The number of hydrogen-bond acceptors (Lipinski definition) is 4. The van der Waals surface area contributed by atoms with Gasteiger partial charge in [-0.25, -0.2) is 0 Å². The molecule has 0 heterocycles. The van der Waals surface area contributed by atoms with E-state index in [1.807, 2.05) is 30.3 Å². The van der Waals surface area contributed by atoms with Crippen molar-refractivity contribution in [3.63, 3.8) is 0 Å². The van der Waals surface area contributed by atoms with E-state index in [-0.39, 0.29) is 0 Å². The molecule has 0 bridgehead atoms. The van der Waals surface area contributed by atoms with Crippen LogP contribution in [0.4, 0.5) is 5.69 Å². The molecule has 0 unspecified atom stereocenters. The third-order valence-electron chi connectivity index (χ3n) is 2.74. The standard InChI is InChI=1S/C16H19NO3/c1-3-10-19-12-4-6-13(7-5-12)20-16-9-8-14(18-2)11-15(16)17/h4-9,11H,3,10,17H2,1-2H3. The fraction of sp³-hybridized carbons (Fsp3) is 0.250. The Kier molecular flexibility index (Phi) is 4.71. The molecule has 0 fully saturated rings. The van der Waals surface area contributed by atoms with Gasteiger partial charge in [0.25, 0.3) is 0 Å². The van der Waals surface area contributed by atoms with Crippen LogP contribution in [0.1, 0.15) is 13.3 Å². The summed E-state index contributed by atoms with van der Waals surface area (Å²) in [4.78, 5) is 0. The summed E-state index contributed by atoms with van der Waals surface area (Å²) >= 11 is 0. The van der Waals surface area contributed by atoms with Crippen molar-refractivity contribution < 1.29 is 14.2 Å². The molecule has 2 aromatic carbocycles. The molecule has 20 heavy (non-hydrogen) atoms. The second kappa shape index (κ2) is 6.70. The van der Waals surface area contributed by atoms with Crippen LogP contribution in [0.15, 0.2) is 42.5 Å². The number of rotatable bonds is 6. The molecule has 0 atom stereocenters. The summed E-state index contributed by atoms with van der Waals surface area (Å²) < 4.78 is 16.4. The zero-order chi connectivity index (χ0) is 14.4. The van der Waals surface area contributed by atoms with E-state index in [1.165, 1.54) is 0 Å². The Morgan fingerprint density at radius 2 is 1.60 bits per heavy atom. The van der Waals surface area contributed by atoms with E-state index in [4.69, 9.17) is 19.9 Å². The van der Waals surface area contributed by atoms with Crippen molar-refractivity contribution in [1.29, 1.82) is 0 Å². The van der Waals surface area contributed by atoms with Crippen LogP contribution in [0.2, 0.25) is 0 Å². The normalized spacial score (nSPS) is 10.1. The van der Waals surface area contributed by atoms with Crippen molar-refractivity contribution in [3.05, 3.63) is 42.5 Å². The molecule has 0 amide bonds. The molecule has 0 aliphatic rings. The number of ether oxygens (including phenoxy) is 3. The van der Waals surface area contributed by atoms with Gasteiger partial charge in [-0.1, -0.05) is 6.92 Å². The van der Waals surface area contributed by atoms with Gasteiger partial charge in [-0.2, -0.15) is 0 Å². The molecule has 106 valence electrons. The van der Waals surface area contributed by atoms with Gasteiger partial charge >= 0.3 is 0 Å². The Balaban J connectivity index is 2.06. The molecule has 0 aromatic heterocycles. The van der Waals surface area contributed by atoms with Crippen molar-refractivity contribution >= 4 is 5.69 Å². The zero-order valence-corrected chi connectivity index (χ0v) is 11.8. The lowest BCUT2D eigenvalue weighted by Gasteiger charge is -2.10. The van der Waals surface area contributed by atoms with Crippen LogP contribution in [-0.2, 0) is 0 Å². The fourth-order valence-corrected chi connectivity index (χ4v) is 1.70. The first kappa shape index (κ1) is 14.1. The van der Waals surface area contributed by atoms with Gasteiger partial charge in [-0.3, -0.25) is 0 Å². The van der Waals surface area contributed by atoms with Gasteiger partial charge in [0.1, 0.15) is 17.2 Å². The monoisotopic (exact) mass is 273 g/mol. The molecule has 0 radical (unpaired) electrons. The summed E-state index contributed by atoms with van der Waals surface area (Å²) in [5.41, 5.74) is 6.45. The number of hydrogen-bond donors (Lipinski definition) is 1. The van der Waals surface area contributed by atoms with Crippen LogP contribution in [0, 0.1) is 0 Å². The summed E-state index contributed by atoms with van der Waals surface area (Å²) in [6.07, 6.45) is 0.987. The van der Waals surface area contributed by atoms with Crippen LogP contribution < -0.4 is 19.9 Å². The maximum atomic E-state index is 5.91. The smallest absolute Gasteiger partial charge is 0.150 e. The predicted octanol–water partition coefficient (Wildman–Crippen LogP) is 3.86. The third kappa shape index (κ3) is 3.57. The molecule has 0 spiro atoms. The molecule has 2 N–H and O–H groups in total. The molecule has 0 aliphatic carbocycles. The molecule has 4 nitrogen and oxygen atoms in total. The summed E-state index contributed by atoms with van der Waals surface area (Å²) in [7, 11) is 1.60. The minimum atomic E-state index is 0.538. The molecule has 4 heteroatoms. The zero-order valence-electron chi connectivity index (χ0n) is 11.8. The largest absolute Gasteiger partial charge is 0.497 e. The highest BCUT2D eigenvalue weighted by molar-refractivity contribution is 5.57. The lowest BCUT2D eigenvalue weighted by Crippen LogP contribution is -1.95. The third-order valence-corrected chi connectivity index (χ3v) is 2.74. The second-order valence-corrected chi connectivity index (χ2v) is 4.33. The van der Waals surface area contributed by atoms with Crippen molar-refractivity contribution in [2.24, 2.45) is 0 Å². The van der Waals surface area contributed by atoms with Gasteiger partial charge in [-0.15, -0.1) is 0 Å². The number of methoxy groups -OCH3 is 1. The van der Waals surface area contributed by atoms with Gasteiger partial charge in [0.05, 0.1) is 19.4 Å². The maximum absolute atomic E-state index is 5.91. The first-order chi connectivity index (χ1) is 9.72. The van der Waals surface area contributed by atoms with E-state index in [9.17, 15) is 0 Å². The van der Waals surface area contributed by atoms with Crippen LogP contribution in [0.5, 0.6) is 23.0 Å². The molecule has 2 aromatic rings. The van der Waals surface area contributed by atoms with Gasteiger partial charge in [0.15, 0.2) is 5.75 Å². The lowest BCUT2D eigenvalue weighted by molar-refractivity contribution is 0.317. The number of nitrogens with two attached hydrogens (primary N) is 1. The van der Waals surface area contributed by atoms with E-state index in [1.54, 1.807) is 19.2 Å². The molecule has 0 saturated carbocycles. The number of benzene rings is 2. The van der Waals surface area contributed by atoms with Crippen molar-refractivity contribution in [1.82, 2.24) is 0 Å². The van der Waals surface area contributed by atoms with Gasteiger partial charge in [0.2, 0.25) is 0 Å². The minimum Gasteiger partial charge on any atom is -0.497 e. The van der Waals surface area contributed by atoms with Crippen LogP contribution in [-0.4, -0.2) is 13.7 Å². The highest BCUT2D eigenvalue weighted by Crippen LogP contribution is 2.31. The summed E-state index contributed by atoms with van der Waals surface area (Å²) in [5.74, 6) is 2.86. The van der Waals surface area contributed by atoms with Gasteiger partial charge in [0, 0.05) is 6.07 Å².